The summed E-state index contributed by atoms with van der Waals surface area (Å²) in [6.45, 7) is 3.87. The van der Waals surface area contributed by atoms with E-state index in [1.54, 1.807) is 0 Å². The molecule has 0 aliphatic heterocycles. The average Bonchev–Trinajstić information content (AvgIpc) is 2.41. The minimum Gasteiger partial charge on any atom is -0.490 e. The van der Waals surface area contributed by atoms with Gasteiger partial charge in [-0.25, -0.2) is 0 Å². The highest BCUT2D eigenvalue weighted by Gasteiger charge is 1.99. The van der Waals surface area contributed by atoms with Crippen molar-refractivity contribution in [2.24, 2.45) is 0 Å². The van der Waals surface area contributed by atoms with Gasteiger partial charge in [-0.05, 0) is 18.6 Å². The molecule has 0 saturated carbocycles. The third-order valence-electron chi connectivity index (χ3n) is 2.32. The topological polar surface area (TPSA) is 38.7 Å². The molecular formula is C15H20O3. The first-order chi connectivity index (χ1) is 8.88. The number of unbranched alkanes of at least 4 members (excludes halogenated alkanes) is 1. The minimum atomic E-state index is -0.144. The van der Waals surface area contributed by atoms with Crippen molar-refractivity contribution in [1.29, 1.82) is 0 Å². The van der Waals surface area contributed by atoms with Gasteiger partial charge in [0.2, 0.25) is 0 Å². The number of hydrogen-bond donors (Lipinski definition) is 1. The van der Waals surface area contributed by atoms with Gasteiger partial charge in [-0.1, -0.05) is 37.3 Å². The van der Waals surface area contributed by atoms with E-state index in [4.69, 9.17) is 14.6 Å². The second-order valence-electron chi connectivity index (χ2n) is 3.77. The summed E-state index contributed by atoms with van der Waals surface area (Å²) in [5.74, 6) is 6.21. The Balaban J connectivity index is 2.37. The second-order valence-corrected chi connectivity index (χ2v) is 3.77. The summed E-state index contributed by atoms with van der Waals surface area (Å²) in [6, 6.07) is 7.53. The summed E-state index contributed by atoms with van der Waals surface area (Å²) in [7, 11) is 0. The Hall–Kier alpha value is -1.50. The van der Waals surface area contributed by atoms with Crippen LogP contribution in [0.3, 0.4) is 0 Å². The fraction of sp³-hybridized carbons (Fsp3) is 0.467. The smallest absolute Gasteiger partial charge is 0.135 e. The van der Waals surface area contributed by atoms with Gasteiger partial charge in [-0.15, -0.1) is 0 Å². The maximum absolute atomic E-state index is 8.68. The lowest BCUT2D eigenvalue weighted by Crippen LogP contribution is -2.08. The highest BCUT2D eigenvalue weighted by molar-refractivity contribution is 5.45. The molecule has 0 aliphatic rings. The van der Waals surface area contributed by atoms with Crippen molar-refractivity contribution in [2.45, 2.75) is 19.8 Å². The lowest BCUT2D eigenvalue weighted by molar-refractivity contribution is 0.0980. The van der Waals surface area contributed by atoms with Crippen LogP contribution in [0.4, 0.5) is 0 Å². The molecule has 0 amide bonds. The molecule has 3 heteroatoms. The van der Waals surface area contributed by atoms with Crippen LogP contribution in [-0.4, -0.2) is 31.5 Å². The zero-order valence-corrected chi connectivity index (χ0v) is 10.8. The van der Waals surface area contributed by atoms with Gasteiger partial charge >= 0.3 is 0 Å². The zero-order chi connectivity index (χ0) is 13.1. The van der Waals surface area contributed by atoms with Crippen molar-refractivity contribution >= 4 is 0 Å². The first-order valence-corrected chi connectivity index (χ1v) is 6.27. The third-order valence-corrected chi connectivity index (χ3v) is 2.32. The molecule has 98 valence electrons. The van der Waals surface area contributed by atoms with Crippen LogP contribution < -0.4 is 4.74 Å². The predicted octanol–water partition coefficient (Wildman–Crippen LogP) is 2.23. The molecule has 0 radical (unpaired) electrons. The Bertz CT molecular complexity index is 390. The first-order valence-electron chi connectivity index (χ1n) is 6.27. The van der Waals surface area contributed by atoms with E-state index < -0.39 is 0 Å². The lowest BCUT2D eigenvalue weighted by atomic mass is 10.2. The molecule has 0 saturated heterocycles. The Morgan fingerprint density at radius 3 is 2.78 bits per heavy atom. The molecule has 0 bridgehead atoms. The molecule has 0 unspecified atom stereocenters. The number of aliphatic hydroxyl groups excluding tert-OH is 1. The van der Waals surface area contributed by atoms with Crippen molar-refractivity contribution in [3.63, 3.8) is 0 Å². The first kappa shape index (κ1) is 14.6. The minimum absolute atomic E-state index is 0.144. The maximum atomic E-state index is 8.68. The fourth-order valence-electron chi connectivity index (χ4n) is 1.39. The number of aliphatic hydroxyl groups is 1. The Labute approximate surface area is 109 Å². The monoisotopic (exact) mass is 248 g/mol. The molecule has 0 aromatic heterocycles. The quantitative estimate of drug-likeness (QED) is 0.594. The molecule has 0 atom stereocenters. The van der Waals surface area contributed by atoms with E-state index in [0.717, 1.165) is 30.8 Å². The van der Waals surface area contributed by atoms with Crippen LogP contribution in [0, 0.1) is 11.8 Å². The van der Waals surface area contributed by atoms with Gasteiger partial charge in [0.05, 0.1) is 12.2 Å². The second kappa shape index (κ2) is 9.52. The molecular weight excluding hydrogens is 228 g/mol. The van der Waals surface area contributed by atoms with Crippen LogP contribution in [0.15, 0.2) is 24.3 Å². The summed E-state index contributed by atoms with van der Waals surface area (Å²) in [5, 5.41) is 8.68. The molecule has 1 aromatic rings. The average molecular weight is 248 g/mol. The zero-order valence-electron chi connectivity index (χ0n) is 10.8. The maximum Gasteiger partial charge on any atom is 0.135 e. The van der Waals surface area contributed by atoms with Crippen molar-refractivity contribution in [3.05, 3.63) is 29.8 Å². The van der Waals surface area contributed by atoms with Crippen LogP contribution >= 0.6 is 0 Å². The van der Waals surface area contributed by atoms with Gasteiger partial charge in [0.1, 0.15) is 19.0 Å². The molecule has 1 N–H and O–H groups in total. The van der Waals surface area contributed by atoms with Crippen LogP contribution in [0.5, 0.6) is 5.75 Å². The van der Waals surface area contributed by atoms with E-state index in [0.29, 0.717) is 13.2 Å². The van der Waals surface area contributed by atoms with Crippen LogP contribution in [-0.2, 0) is 4.74 Å². The summed E-state index contributed by atoms with van der Waals surface area (Å²) in [4.78, 5) is 0. The highest BCUT2D eigenvalue weighted by Crippen LogP contribution is 2.16. The number of para-hydroxylation sites is 1. The summed E-state index contributed by atoms with van der Waals surface area (Å²) in [5.41, 5.74) is 0.792. The number of hydrogen-bond acceptors (Lipinski definition) is 3. The van der Waals surface area contributed by atoms with E-state index in [2.05, 4.69) is 18.8 Å². The van der Waals surface area contributed by atoms with Crippen molar-refractivity contribution in [3.8, 4) is 17.6 Å². The molecule has 0 heterocycles. The van der Waals surface area contributed by atoms with Crippen LogP contribution in [0.25, 0.3) is 0 Å². The molecule has 0 aliphatic carbocycles. The largest absolute Gasteiger partial charge is 0.490 e. The summed E-state index contributed by atoms with van der Waals surface area (Å²) >= 11 is 0. The van der Waals surface area contributed by atoms with E-state index in [1.165, 1.54) is 0 Å². The van der Waals surface area contributed by atoms with E-state index in [9.17, 15) is 0 Å². The number of rotatable bonds is 7. The van der Waals surface area contributed by atoms with Crippen molar-refractivity contribution in [1.82, 2.24) is 0 Å². The Morgan fingerprint density at radius 1 is 1.17 bits per heavy atom. The number of benzene rings is 1. The molecule has 0 spiro atoms. The van der Waals surface area contributed by atoms with Crippen LogP contribution in [0.2, 0.25) is 0 Å². The summed E-state index contributed by atoms with van der Waals surface area (Å²) < 4.78 is 11.0. The van der Waals surface area contributed by atoms with Gasteiger partial charge in [0.15, 0.2) is 0 Å². The SMILES string of the molecule is CCCCOCCOc1ccccc1C#CCO. The van der Waals surface area contributed by atoms with Crippen molar-refractivity contribution < 1.29 is 14.6 Å². The Kier molecular flexibility index (Phi) is 7.70. The van der Waals surface area contributed by atoms with Gasteiger partial charge in [-0.2, -0.15) is 0 Å². The number of ether oxygens (including phenoxy) is 2. The molecule has 3 nitrogen and oxygen atoms in total. The fourth-order valence-corrected chi connectivity index (χ4v) is 1.39. The van der Waals surface area contributed by atoms with Crippen LogP contribution in [0.1, 0.15) is 25.3 Å². The standard InChI is InChI=1S/C15H20O3/c1-2-3-11-17-12-13-18-15-9-5-4-7-14(15)8-6-10-16/h4-5,7,9,16H,2-3,10-13H2,1H3. The molecule has 0 fully saturated rings. The van der Waals surface area contributed by atoms with Gasteiger partial charge in [-0.3, -0.25) is 0 Å². The summed E-state index contributed by atoms with van der Waals surface area (Å²) in [6.07, 6.45) is 2.22. The van der Waals surface area contributed by atoms with Gasteiger partial charge in [0.25, 0.3) is 0 Å². The Morgan fingerprint density at radius 2 is 2.00 bits per heavy atom. The predicted molar refractivity (Wildman–Crippen MR) is 71.6 cm³/mol. The highest BCUT2D eigenvalue weighted by atomic mass is 16.5. The van der Waals surface area contributed by atoms with Gasteiger partial charge in [0, 0.05) is 6.61 Å². The normalized spacial score (nSPS) is 9.67. The molecule has 1 aromatic carbocycles. The molecule has 1 rings (SSSR count). The molecule has 18 heavy (non-hydrogen) atoms. The van der Waals surface area contributed by atoms with Crippen molar-refractivity contribution in [2.75, 3.05) is 26.4 Å². The van der Waals surface area contributed by atoms with E-state index >= 15 is 0 Å². The van der Waals surface area contributed by atoms with E-state index in [-0.39, 0.29) is 6.61 Å². The van der Waals surface area contributed by atoms with E-state index in [1.807, 2.05) is 24.3 Å². The lowest BCUT2D eigenvalue weighted by Gasteiger charge is -2.08. The van der Waals surface area contributed by atoms with Gasteiger partial charge < -0.3 is 14.6 Å². The third kappa shape index (κ3) is 5.72.